The fraction of sp³-hybridized carbons (Fsp3) is 0.163. The van der Waals surface area contributed by atoms with Crippen LogP contribution in [0.4, 0.5) is 5.69 Å². The van der Waals surface area contributed by atoms with E-state index in [1.165, 1.54) is 38.9 Å². The summed E-state index contributed by atoms with van der Waals surface area (Å²) < 4.78 is 0. The molecule has 0 radical (unpaired) electrons. The molecule has 0 saturated heterocycles. The number of rotatable bonds is 6. The maximum absolute atomic E-state index is 8.63. The van der Waals surface area contributed by atoms with E-state index < -0.39 is 0 Å². The van der Waals surface area contributed by atoms with Gasteiger partial charge in [-0.1, -0.05) is 159 Å². The SMILES string of the molecule is CC.Cc1ccc(Cc2ccccc2C)cc1.Nc1ccc(C(Cc2ccccc2)c2ccccc2)cc1.Oc1ccccc1. The monoisotopic (exact) mass is 593 g/mol. The molecule has 0 amide bonds. The van der Waals surface area contributed by atoms with Crippen LogP contribution >= 0.6 is 0 Å². The van der Waals surface area contributed by atoms with Crippen molar-refractivity contribution in [2.45, 2.75) is 46.5 Å². The van der Waals surface area contributed by atoms with Crippen molar-refractivity contribution in [3.05, 3.63) is 203 Å². The minimum absolute atomic E-state index is 0.322. The van der Waals surface area contributed by atoms with E-state index in [1.807, 2.05) is 32.0 Å². The smallest absolute Gasteiger partial charge is 0.115 e. The van der Waals surface area contributed by atoms with Gasteiger partial charge in [-0.3, -0.25) is 0 Å². The predicted octanol–water partition coefficient (Wildman–Crippen LogP) is 11.0. The average molecular weight is 594 g/mol. The second kappa shape index (κ2) is 19.2. The van der Waals surface area contributed by atoms with E-state index in [0.29, 0.717) is 11.7 Å². The molecule has 0 aromatic heterocycles. The van der Waals surface area contributed by atoms with Crippen molar-refractivity contribution in [3.63, 3.8) is 0 Å². The van der Waals surface area contributed by atoms with E-state index in [1.54, 1.807) is 24.3 Å². The number of anilines is 1. The highest BCUT2D eigenvalue weighted by Gasteiger charge is 2.14. The lowest BCUT2D eigenvalue weighted by atomic mass is 9.86. The first-order chi connectivity index (χ1) is 22.0. The quantitative estimate of drug-likeness (QED) is 0.189. The first-order valence-corrected chi connectivity index (χ1v) is 15.8. The van der Waals surface area contributed by atoms with Crippen molar-refractivity contribution >= 4 is 5.69 Å². The van der Waals surface area contributed by atoms with Gasteiger partial charge in [-0.15, -0.1) is 0 Å². The molecule has 2 nitrogen and oxygen atoms in total. The molecule has 0 fully saturated rings. The van der Waals surface area contributed by atoms with Gasteiger partial charge in [0.05, 0.1) is 0 Å². The fourth-order valence-electron chi connectivity index (χ4n) is 4.85. The Morgan fingerprint density at radius 3 is 1.53 bits per heavy atom. The van der Waals surface area contributed by atoms with Crippen LogP contribution < -0.4 is 5.73 Å². The number of hydrogen-bond acceptors (Lipinski definition) is 2. The van der Waals surface area contributed by atoms with E-state index in [-0.39, 0.29) is 0 Å². The highest BCUT2D eigenvalue weighted by Crippen LogP contribution is 2.29. The van der Waals surface area contributed by atoms with Crippen LogP contribution in [-0.2, 0) is 12.8 Å². The first-order valence-electron chi connectivity index (χ1n) is 15.8. The van der Waals surface area contributed by atoms with E-state index in [0.717, 1.165) is 18.5 Å². The number of hydrogen-bond donors (Lipinski definition) is 2. The normalized spacial score (nSPS) is 10.5. The zero-order valence-electron chi connectivity index (χ0n) is 27.1. The van der Waals surface area contributed by atoms with Crippen molar-refractivity contribution in [3.8, 4) is 5.75 Å². The topological polar surface area (TPSA) is 46.2 Å². The van der Waals surface area contributed by atoms with Crippen molar-refractivity contribution in [1.29, 1.82) is 0 Å². The lowest BCUT2D eigenvalue weighted by molar-refractivity contribution is 0.475. The van der Waals surface area contributed by atoms with Gasteiger partial charge >= 0.3 is 0 Å². The standard InChI is InChI=1S/C20H19N.C15H16.C6H6O.C2H6/c21-19-13-11-18(12-14-19)20(17-9-5-2-6-10-17)15-16-7-3-1-4-8-16;1-12-7-9-14(10-8-12)11-15-6-4-3-5-13(15)2;7-6-4-2-1-3-5-6;1-2/h1-14,20H,15,21H2;3-10H,11H2,1-2H3;1-5,7H;1-2H3. The molecule has 0 bridgehead atoms. The Morgan fingerprint density at radius 1 is 0.511 bits per heavy atom. The van der Waals surface area contributed by atoms with Gasteiger partial charge in [0.25, 0.3) is 0 Å². The highest BCUT2D eigenvalue weighted by atomic mass is 16.3. The average Bonchev–Trinajstić information content (AvgIpc) is 3.09. The Bertz CT molecular complexity index is 1610. The third kappa shape index (κ3) is 12.2. The largest absolute Gasteiger partial charge is 0.508 e. The maximum Gasteiger partial charge on any atom is 0.115 e. The van der Waals surface area contributed by atoms with Gasteiger partial charge in [-0.2, -0.15) is 0 Å². The number of aryl methyl sites for hydroxylation is 2. The molecular formula is C43H47NO. The van der Waals surface area contributed by atoms with E-state index in [9.17, 15) is 0 Å². The third-order valence-corrected chi connectivity index (χ3v) is 7.36. The molecule has 45 heavy (non-hydrogen) atoms. The lowest BCUT2D eigenvalue weighted by Gasteiger charge is -2.18. The second-order valence-corrected chi connectivity index (χ2v) is 10.7. The summed E-state index contributed by atoms with van der Waals surface area (Å²) in [6.45, 7) is 8.29. The molecule has 6 aromatic rings. The van der Waals surface area contributed by atoms with Gasteiger partial charge in [0.1, 0.15) is 5.75 Å². The molecule has 0 saturated carbocycles. The van der Waals surface area contributed by atoms with E-state index in [4.69, 9.17) is 10.8 Å². The Kier molecular flexibility index (Phi) is 14.7. The van der Waals surface area contributed by atoms with Crippen LogP contribution in [-0.4, -0.2) is 5.11 Å². The summed E-state index contributed by atoms with van der Waals surface area (Å²) >= 11 is 0. The van der Waals surface area contributed by atoms with Gasteiger partial charge in [0.15, 0.2) is 0 Å². The Hall–Kier alpha value is -5.08. The van der Waals surface area contributed by atoms with Crippen molar-refractivity contribution < 1.29 is 5.11 Å². The number of nitrogen functional groups attached to an aromatic ring is 1. The van der Waals surface area contributed by atoms with Crippen molar-refractivity contribution in [1.82, 2.24) is 0 Å². The summed E-state index contributed by atoms with van der Waals surface area (Å²) in [6.07, 6.45) is 2.03. The van der Waals surface area contributed by atoms with Crippen LogP contribution in [0.3, 0.4) is 0 Å². The molecule has 0 aliphatic carbocycles. The minimum Gasteiger partial charge on any atom is -0.508 e. The molecule has 0 spiro atoms. The van der Waals surface area contributed by atoms with Gasteiger partial charge in [0.2, 0.25) is 0 Å². The molecule has 0 heterocycles. The summed E-state index contributed by atoms with van der Waals surface area (Å²) in [6, 6.07) is 55.6. The third-order valence-electron chi connectivity index (χ3n) is 7.36. The fourth-order valence-corrected chi connectivity index (χ4v) is 4.85. The highest BCUT2D eigenvalue weighted by molar-refractivity contribution is 5.43. The summed E-state index contributed by atoms with van der Waals surface area (Å²) in [5.74, 6) is 0.678. The number of nitrogens with two attached hydrogens (primary N) is 1. The second-order valence-electron chi connectivity index (χ2n) is 10.7. The number of para-hydroxylation sites is 1. The van der Waals surface area contributed by atoms with Crippen LogP contribution in [0, 0.1) is 13.8 Å². The van der Waals surface area contributed by atoms with Gasteiger partial charge in [-0.05, 0) is 84.3 Å². The van der Waals surface area contributed by atoms with Gasteiger partial charge in [0, 0.05) is 11.6 Å². The molecule has 230 valence electrons. The summed E-state index contributed by atoms with van der Waals surface area (Å²) in [7, 11) is 0. The molecule has 6 aromatic carbocycles. The Labute approximate surface area is 270 Å². The summed E-state index contributed by atoms with van der Waals surface area (Å²) in [5.41, 5.74) is 16.1. The van der Waals surface area contributed by atoms with Crippen LogP contribution in [0.5, 0.6) is 5.75 Å². The molecule has 1 unspecified atom stereocenters. The number of phenols is 1. The van der Waals surface area contributed by atoms with Crippen LogP contribution in [0.1, 0.15) is 58.7 Å². The molecule has 6 rings (SSSR count). The summed E-state index contributed by atoms with van der Waals surface area (Å²) in [5, 5.41) is 8.63. The zero-order valence-corrected chi connectivity index (χ0v) is 27.1. The number of phenolic OH excluding ortho intramolecular Hbond substituents is 1. The van der Waals surface area contributed by atoms with Crippen molar-refractivity contribution in [2.75, 3.05) is 5.73 Å². The Morgan fingerprint density at radius 2 is 1.00 bits per heavy atom. The van der Waals surface area contributed by atoms with E-state index >= 15 is 0 Å². The minimum atomic E-state index is 0.322. The molecule has 3 N–H and O–H groups in total. The lowest BCUT2D eigenvalue weighted by Crippen LogP contribution is -2.05. The molecule has 0 aliphatic heterocycles. The van der Waals surface area contributed by atoms with Crippen molar-refractivity contribution in [2.24, 2.45) is 0 Å². The summed E-state index contributed by atoms with van der Waals surface area (Å²) in [4.78, 5) is 0. The molecule has 0 aliphatic rings. The van der Waals surface area contributed by atoms with E-state index in [2.05, 4.69) is 135 Å². The molecular weight excluding hydrogens is 546 g/mol. The maximum atomic E-state index is 8.63. The first kappa shape index (κ1) is 34.4. The van der Waals surface area contributed by atoms with Crippen LogP contribution in [0.15, 0.2) is 164 Å². The number of aromatic hydroxyl groups is 1. The zero-order chi connectivity index (χ0) is 32.3. The van der Waals surface area contributed by atoms with Crippen LogP contribution in [0.2, 0.25) is 0 Å². The van der Waals surface area contributed by atoms with Crippen LogP contribution in [0.25, 0.3) is 0 Å². The van der Waals surface area contributed by atoms with Gasteiger partial charge in [-0.25, -0.2) is 0 Å². The predicted molar refractivity (Wildman–Crippen MR) is 194 cm³/mol. The molecule has 2 heteroatoms. The Balaban J connectivity index is 0.000000200. The molecule has 1 atom stereocenters. The van der Waals surface area contributed by atoms with Gasteiger partial charge < -0.3 is 10.8 Å². The number of benzene rings is 6.